The molecule has 0 bridgehead atoms. The molecule has 0 aliphatic rings. The van der Waals surface area contributed by atoms with Crippen LogP contribution < -0.4 is 5.73 Å². The highest BCUT2D eigenvalue weighted by Gasteiger charge is 2.08. The fourth-order valence-corrected chi connectivity index (χ4v) is 2.44. The number of rotatable bonds is 7. The summed E-state index contributed by atoms with van der Waals surface area (Å²) in [7, 11) is 0. The first-order chi connectivity index (χ1) is 7.24. The van der Waals surface area contributed by atoms with Crippen molar-refractivity contribution in [2.75, 3.05) is 0 Å². The second-order valence-electron chi connectivity index (χ2n) is 4.12. The smallest absolute Gasteiger partial charge is 0.110 e. The average molecular weight is 226 g/mol. The Morgan fingerprint density at radius 3 is 2.67 bits per heavy atom. The van der Waals surface area contributed by atoms with Crippen LogP contribution in [0.25, 0.3) is 0 Å². The summed E-state index contributed by atoms with van der Waals surface area (Å²) in [6.45, 7) is 4.32. The molecule has 86 valence electrons. The molecule has 0 spiro atoms. The second-order valence-corrected chi connectivity index (χ2v) is 5.38. The van der Waals surface area contributed by atoms with Gasteiger partial charge in [0.1, 0.15) is 5.01 Å². The van der Waals surface area contributed by atoms with E-state index >= 15 is 0 Å². The molecule has 0 amide bonds. The van der Waals surface area contributed by atoms with E-state index in [-0.39, 0.29) is 6.04 Å². The van der Waals surface area contributed by atoms with Gasteiger partial charge in [-0.25, -0.2) is 4.98 Å². The summed E-state index contributed by atoms with van der Waals surface area (Å²) in [5.74, 6) is 0. The summed E-state index contributed by atoms with van der Waals surface area (Å²) >= 11 is 1.73. The lowest BCUT2D eigenvalue weighted by Crippen LogP contribution is -2.09. The molecular weight excluding hydrogens is 204 g/mol. The van der Waals surface area contributed by atoms with Crippen LogP contribution in [0.5, 0.6) is 0 Å². The minimum Gasteiger partial charge on any atom is -0.322 e. The van der Waals surface area contributed by atoms with E-state index in [4.69, 9.17) is 5.73 Å². The van der Waals surface area contributed by atoms with Crippen LogP contribution in [0.1, 0.15) is 61.4 Å². The van der Waals surface area contributed by atoms with Gasteiger partial charge in [0.05, 0.1) is 6.04 Å². The Labute approximate surface area is 96.9 Å². The minimum atomic E-state index is 0.158. The van der Waals surface area contributed by atoms with Gasteiger partial charge in [0.15, 0.2) is 0 Å². The van der Waals surface area contributed by atoms with Gasteiger partial charge in [-0.2, -0.15) is 0 Å². The van der Waals surface area contributed by atoms with E-state index in [2.05, 4.69) is 18.8 Å². The average Bonchev–Trinajstić information content (AvgIpc) is 2.64. The van der Waals surface area contributed by atoms with Crippen molar-refractivity contribution >= 4 is 11.3 Å². The third-order valence-electron chi connectivity index (χ3n) is 2.58. The highest BCUT2D eigenvalue weighted by atomic mass is 32.1. The van der Waals surface area contributed by atoms with Crippen molar-refractivity contribution in [3.63, 3.8) is 0 Å². The summed E-state index contributed by atoms with van der Waals surface area (Å²) < 4.78 is 0. The molecule has 1 aromatic heterocycles. The van der Waals surface area contributed by atoms with Crippen molar-refractivity contribution in [3.8, 4) is 0 Å². The Bertz CT molecular complexity index is 270. The van der Waals surface area contributed by atoms with Crippen molar-refractivity contribution in [1.29, 1.82) is 0 Å². The summed E-state index contributed by atoms with van der Waals surface area (Å²) in [5, 5.41) is 1.10. The zero-order valence-electron chi connectivity index (χ0n) is 9.83. The van der Waals surface area contributed by atoms with Gasteiger partial charge in [0.2, 0.25) is 0 Å². The van der Waals surface area contributed by atoms with Crippen molar-refractivity contribution in [3.05, 3.63) is 16.1 Å². The van der Waals surface area contributed by atoms with Crippen molar-refractivity contribution in [2.24, 2.45) is 5.73 Å². The molecule has 1 rings (SSSR count). The lowest BCUT2D eigenvalue weighted by molar-refractivity contribution is 0.554. The predicted molar refractivity (Wildman–Crippen MR) is 67.2 cm³/mol. The highest BCUT2D eigenvalue weighted by molar-refractivity contribution is 7.11. The number of nitrogens with zero attached hydrogens (tertiary/aromatic N) is 1. The maximum atomic E-state index is 6.07. The quantitative estimate of drug-likeness (QED) is 0.718. The van der Waals surface area contributed by atoms with Gasteiger partial charge >= 0.3 is 0 Å². The number of aryl methyl sites for hydroxylation is 1. The van der Waals surface area contributed by atoms with Gasteiger partial charge < -0.3 is 5.73 Å². The Morgan fingerprint density at radius 2 is 2.07 bits per heavy atom. The van der Waals surface area contributed by atoms with Crippen LogP contribution in [-0.2, 0) is 0 Å². The van der Waals surface area contributed by atoms with E-state index in [0.717, 1.165) is 11.4 Å². The van der Waals surface area contributed by atoms with Crippen LogP contribution in [0.2, 0.25) is 0 Å². The van der Waals surface area contributed by atoms with E-state index in [0.29, 0.717) is 0 Å². The first-order valence-electron chi connectivity index (χ1n) is 5.92. The van der Waals surface area contributed by atoms with Gasteiger partial charge in [0, 0.05) is 11.1 Å². The zero-order valence-corrected chi connectivity index (χ0v) is 10.6. The third kappa shape index (κ3) is 4.76. The van der Waals surface area contributed by atoms with Gasteiger partial charge in [-0.1, -0.05) is 39.0 Å². The van der Waals surface area contributed by atoms with Crippen LogP contribution in [0.3, 0.4) is 0 Å². The van der Waals surface area contributed by atoms with Crippen molar-refractivity contribution in [1.82, 2.24) is 4.98 Å². The van der Waals surface area contributed by atoms with Crippen molar-refractivity contribution < 1.29 is 0 Å². The molecule has 2 nitrogen and oxygen atoms in total. The lowest BCUT2D eigenvalue weighted by atomic mass is 10.1. The topological polar surface area (TPSA) is 38.9 Å². The van der Waals surface area contributed by atoms with E-state index in [1.54, 1.807) is 11.3 Å². The molecule has 1 aromatic rings. The summed E-state index contributed by atoms with van der Waals surface area (Å²) in [5.41, 5.74) is 6.07. The molecule has 1 atom stereocenters. The van der Waals surface area contributed by atoms with E-state index in [9.17, 15) is 0 Å². The maximum Gasteiger partial charge on any atom is 0.110 e. The van der Waals surface area contributed by atoms with Crippen LogP contribution in [-0.4, -0.2) is 4.98 Å². The molecule has 1 heterocycles. The molecule has 0 aromatic carbocycles. The molecule has 0 saturated heterocycles. The number of hydrogen-bond donors (Lipinski definition) is 1. The van der Waals surface area contributed by atoms with Gasteiger partial charge in [-0.15, -0.1) is 11.3 Å². The number of unbranched alkanes of at least 4 members (excludes halogenated alkanes) is 4. The summed E-state index contributed by atoms with van der Waals surface area (Å²) in [6.07, 6.45) is 9.54. The monoisotopic (exact) mass is 226 g/mol. The molecule has 2 N–H and O–H groups in total. The Hall–Kier alpha value is -0.410. The van der Waals surface area contributed by atoms with Gasteiger partial charge in [-0.05, 0) is 13.3 Å². The molecule has 0 saturated carbocycles. The van der Waals surface area contributed by atoms with Crippen LogP contribution in [0.4, 0.5) is 0 Å². The molecule has 0 aliphatic heterocycles. The first-order valence-corrected chi connectivity index (χ1v) is 6.73. The van der Waals surface area contributed by atoms with Gasteiger partial charge in [0.25, 0.3) is 0 Å². The largest absolute Gasteiger partial charge is 0.322 e. The highest BCUT2D eigenvalue weighted by Crippen LogP contribution is 2.22. The number of thiazole rings is 1. The lowest BCUT2D eigenvalue weighted by Gasteiger charge is -2.07. The number of aromatic nitrogens is 1. The minimum absolute atomic E-state index is 0.158. The van der Waals surface area contributed by atoms with E-state index < -0.39 is 0 Å². The van der Waals surface area contributed by atoms with E-state index in [1.807, 2.05) is 6.20 Å². The number of nitrogens with two attached hydrogens (primary N) is 1. The van der Waals surface area contributed by atoms with E-state index in [1.165, 1.54) is 37.0 Å². The molecule has 0 aliphatic carbocycles. The first kappa shape index (κ1) is 12.7. The molecule has 0 radical (unpaired) electrons. The fourth-order valence-electron chi connectivity index (χ4n) is 1.63. The summed E-state index contributed by atoms with van der Waals surface area (Å²) in [4.78, 5) is 5.58. The van der Waals surface area contributed by atoms with Crippen LogP contribution in [0.15, 0.2) is 6.20 Å². The maximum absolute atomic E-state index is 6.07. The normalized spacial score (nSPS) is 13.0. The van der Waals surface area contributed by atoms with Crippen LogP contribution >= 0.6 is 11.3 Å². The molecule has 1 unspecified atom stereocenters. The Morgan fingerprint density at radius 1 is 1.33 bits per heavy atom. The SMILES string of the molecule is CCCCCCCC(N)c1ncc(C)s1. The zero-order chi connectivity index (χ0) is 11.1. The summed E-state index contributed by atoms with van der Waals surface area (Å²) in [6, 6.07) is 0.158. The Balaban J connectivity index is 2.16. The molecule has 3 heteroatoms. The van der Waals surface area contributed by atoms with Gasteiger partial charge in [-0.3, -0.25) is 0 Å². The standard InChI is InChI=1S/C12H22N2S/c1-3-4-5-6-7-8-11(13)12-14-9-10(2)15-12/h9,11H,3-8,13H2,1-2H3. The third-order valence-corrected chi connectivity index (χ3v) is 3.62. The fraction of sp³-hybridized carbons (Fsp3) is 0.750. The second kappa shape index (κ2) is 6.96. The Kier molecular flexibility index (Phi) is 5.88. The molecular formula is C12H22N2S. The van der Waals surface area contributed by atoms with Crippen LogP contribution in [0, 0.1) is 6.92 Å². The molecule has 0 fully saturated rings. The predicted octanol–water partition coefficient (Wildman–Crippen LogP) is 3.81. The van der Waals surface area contributed by atoms with Crippen molar-refractivity contribution in [2.45, 2.75) is 58.4 Å². The molecule has 15 heavy (non-hydrogen) atoms. The number of hydrogen-bond acceptors (Lipinski definition) is 3.